The van der Waals surface area contributed by atoms with Gasteiger partial charge in [-0.05, 0) is 58.1 Å². The molecular weight excluding hydrogens is 328 g/mol. The van der Waals surface area contributed by atoms with Crippen molar-refractivity contribution in [1.82, 2.24) is 10.2 Å². The van der Waals surface area contributed by atoms with Crippen molar-refractivity contribution in [3.05, 3.63) is 35.9 Å². The third kappa shape index (κ3) is 3.80. The topological polar surface area (TPSA) is 61.8 Å². The second-order valence-corrected chi connectivity index (χ2v) is 8.52. The smallest absolute Gasteiger partial charge is 0.233 e. The summed E-state index contributed by atoms with van der Waals surface area (Å²) in [5.41, 5.74) is 0.445. The van der Waals surface area contributed by atoms with Gasteiger partial charge in [-0.1, -0.05) is 30.3 Å². The van der Waals surface area contributed by atoms with Crippen LogP contribution in [0.1, 0.15) is 51.0 Å². The number of ether oxygens (including phenoxy) is 1. The van der Waals surface area contributed by atoms with Crippen LogP contribution in [0.3, 0.4) is 0 Å². The summed E-state index contributed by atoms with van der Waals surface area (Å²) in [6.07, 6.45) is 2.82. The molecule has 3 rings (SSSR count). The summed E-state index contributed by atoms with van der Waals surface area (Å²) in [7, 11) is 3.56. The van der Waals surface area contributed by atoms with Crippen LogP contribution in [0.4, 0.5) is 0 Å². The van der Waals surface area contributed by atoms with Gasteiger partial charge < -0.3 is 15.2 Å². The Hall–Kier alpha value is -1.43. The number of likely N-dealkylation sites (N-methyl/N-ethyl adjacent to an activating group) is 2. The zero-order valence-corrected chi connectivity index (χ0v) is 16.4. The molecule has 5 nitrogen and oxygen atoms in total. The van der Waals surface area contributed by atoms with E-state index in [2.05, 4.69) is 36.5 Å². The van der Waals surface area contributed by atoms with Crippen molar-refractivity contribution >= 4 is 5.91 Å². The quantitative estimate of drug-likeness (QED) is 0.865. The van der Waals surface area contributed by atoms with Crippen LogP contribution in [0.25, 0.3) is 0 Å². The van der Waals surface area contributed by atoms with E-state index in [0.717, 1.165) is 25.7 Å². The minimum absolute atomic E-state index is 0.0358. The number of fused-ring (bicyclic) bond motifs is 2. The number of amides is 1. The van der Waals surface area contributed by atoms with Gasteiger partial charge in [0, 0.05) is 13.1 Å². The lowest BCUT2D eigenvalue weighted by Crippen LogP contribution is -2.57. The average molecular weight is 360 g/mol. The van der Waals surface area contributed by atoms with Crippen molar-refractivity contribution in [2.24, 2.45) is 0 Å². The minimum atomic E-state index is -0.634. The van der Waals surface area contributed by atoms with E-state index in [1.165, 1.54) is 5.56 Å². The number of carbonyl (C=O) groups excluding carboxylic acids is 1. The molecule has 144 valence electrons. The first-order valence-corrected chi connectivity index (χ1v) is 9.60. The summed E-state index contributed by atoms with van der Waals surface area (Å²) >= 11 is 0. The van der Waals surface area contributed by atoms with Crippen LogP contribution in [-0.4, -0.2) is 59.9 Å². The molecule has 0 aromatic heterocycles. The molecule has 1 amide bonds. The Morgan fingerprint density at radius 2 is 2.00 bits per heavy atom. The normalized spacial score (nSPS) is 37.2. The number of benzene rings is 1. The van der Waals surface area contributed by atoms with Crippen molar-refractivity contribution in [3.8, 4) is 0 Å². The van der Waals surface area contributed by atoms with Crippen LogP contribution in [-0.2, 0) is 9.53 Å². The van der Waals surface area contributed by atoms with Crippen molar-refractivity contribution < 1.29 is 14.6 Å². The molecule has 1 aromatic rings. The molecule has 2 heterocycles. The number of nitrogens with zero attached hydrogens (tertiary/aromatic N) is 1. The first-order chi connectivity index (χ1) is 12.3. The third-order valence-electron chi connectivity index (χ3n) is 6.28. The van der Waals surface area contributed by atoms with Crippen LogP contribution in [0.15, 0.2) is 30.3 Å². The average Bonchev–Trinajstić information content (AvgIpc) is 2.67. The van der Waals surface area contributed by atoms with Gasteiger partial charge >= 0.3 is 0 Å². The molecule has 2 aliphatic heterocycles. The maximum absolute atomic E-state index is 11.8. The largest absolute Gasteiger partial charge is 0.388 e. The lowest BCUT2D eigenvalue weighted by atomic mass is 9.74. The van der Waals surface area contributed by atoms with Gasteiger partial charge in [-0.2, -0.15) is 0 Å². The second-order valence-electron chi connectivity index (χ2n) is 8.52. The fourth-order valence-corrected chi connectivity index (χ4v) is 4.93. The third-order valence-corrected chi connectivity index (χ3v) is 6.28. The summed E-state index contributed by atoms with van der Waals surface area (Å²) in [6.45, 7) is 4.50. The van der Waals surface area contributed by atoms with E-state index in [4.69, 9.17) is 4.74 Å². The maximum atomic E-state index is 11.8. The van der Waals surface area contributed by atoms with Crippen molar-refractivity contribution in [3.63, 3.8) is 0 Å². The second kappa shape index (κ2) is 7.29. The van der Waals surface area contributed by atoms with Crippen molar-refractivity contribution in [2.75, 3.05) is 20.6 Å². The molecule has 2 saturated heterocycles. The summed E-state index contributed by atoms with van der Waals surface area (Å²) in [5, 5.41) is 13.9. The highest BCUT2D eigenvalue weighted by atomic mass is 16.5. The van der Waals surface area contributed by atoms with Crippen LogP contribution >= 0.6 is 0 Å². The number of rotatable bonds is 4. The highest BCUT2D eigenvalue weighted by Crippen LogP contribution is 2.50. The standard InChI is InChI=1S/C21H32N2O3/c1-20-11-10-17(23(4)14-18(24)22-3)19(25)21(2,26-20)13-16(12-20)15-8-6-5-7-9-15/h5-9,16-17,19,25H,10-14H2,1-4H3,(H,22,24)/t16-,17+,19-,20-,21-/m0/s1. The van der Waals surface area contributed by atoms with Gasteiger partial charge in [-0.3, -0.25) is 9.69 Å². The van der Waals surface area contributed by atoms with Gasteiger partial charge in [0.15, 0.2) is 0 Å². The van der Waals surface area contributed by atoms with E-state index in [-0.39, 0.29) is 24.1 Å². The maximum Gasteiger partial charge on any atom is 0.233 e. The molecule has 2 aliphatic rings. The Morgan fingerprint density at radius 3 is 2.65 bits per heavy atom. The molecule has 0 saturated carbocycles. The molecule has 0 unspecified atom stereocenters. The molecule has 5 atom stereocenters. The zero-order valence-electron chi connectivity index (χ0n) is 16.4. The Kier molecular flexibility index (Phi) is 5.42. The molecule has 2 bridgehead atoms. The highest BCUT2D eigenvalue weighted by Gasteiger charge is 2.53. The van der Waals surface area contributed by atoms with Gasteiger partial charge in [0.25, 0.3) is 0 Å². The lowest BCUT2D eigenvalue weighted by molar-refractivity contribution is -0.215. The van der Waals surface area contributed by atoms with E-state index >= 15 is 0 Å². The molecule has 26 heavy (non-hydrogen) atoms. The van der Waals surface area contributed by atoms with Crippen LogP contribution < -0.4 is 5.32 Å². The molecule has 0 aliphatic carbocycles. The summed E-state index contributed by atoms with van der Waals surface area (Å²) in [5.74, 6) is 0.337. The SMILES string of the molecule is CNC(=O)CN(C)[C@@H]1CC[C@@]2(C)C[C@H](c3ccccc3)C[C@](C)(O2)[C@H]1O. The molecule has 2 N–H and O–H groups in total. The van der Waals surface area contributed by atoms with Gasteiger partial charge in [0.1, 0.15) is 0 Å². The predicted molar refractivity (Wildman–Crippen MR) is 102 cm³/mol. The number of aliphatic hydroxyl groups is 1. The Labute approximate surface area is 156 Å². The first kappa shape index (κ1) is 19.3. The summed E-state index contributed by atoms with van der Waals surface area (Å²) < 4.78 is 6.52. The molecular formula is C21H32N2O3. The zero-order chi connectivity index (χ0) is 18.9. The Balaban J connectivity index is 1.86. The summed E-state index contributed by atoms with van der Waals surface area (Å²) in [6, 6.07) is 10.5. The number of hydrogen-bond acceptors (Lipinski definition) is 4. The Morgan fingerprint density at radius 1 is 1.31 bits per heavy atom. The van der Waals surface area contributed by atoms with Crippen LogP contribution in [0.2, 0.25) is 0 Å². The van der Waals surface area contributed by atoms with E-state index in [0.29, 0.717) is 5.92 Å². The molecule has 5 heteroatoms. The van der Waals surface area contributed by atoms with Crippen molar-refractivity contribution in [2.45, 2.75) is 68.8 Å². The van der Waals surface area contributed by atoms with E-state index in [1.807, 2.05) is 24.9 Å². The summed E-state index contributed by atoms with van der Waals surface area (Å²) in [4.78, 5) is 13.8. The highest BCUT2D eigenvalue weighted by molar-refractivity contribution is 5.77. The van der Waals surface area contributed by atoms with E-state index in [9.17, 15) is 9.90 Å². The first-order valence-electron chi connectivity index (χ1n) is 9.60. The number of carbonyl (C=O) groups is 1. The minimum Gasteiger partial charge on any atom is -0.388 e. The van der Waals surface area contributed by atoms with Gasteiger partial charge in [-0.15, -0.1) is 0 Å². The number of hydrogen-bond donors (Lipinski definition) is 2. The fourth-order valence-electron chi connectivity index (χ4n) is 4.93. The number of nitrogens with one attached hydrogen (secondary N) is 1. The predicted octanol–water partition coefficient (Wildman–Crippen LogP) is 2.30. The van der Waals surface area contributed by atoms with Gasteiger partial charge in [0.05, 0.1) is 23.9 Å². The van der Waals surface area contributed by atoms with Crippen LogP contribution in [0.5, 0.6) is 0 Å². The molecule has 0 radical (unpaired) electrons. The van der Waals surface area contributed by atoms with E-state index < -0.39 is 11.7 Å². The van der Waals surface area contributed by atoms with Gasteiger partial charge in [-0.25, -0.2) is 0 Å². The molecule has 2 fully saturated rings. The van der Waals surface area contributed by atoms with Crippen molar-refractivity contribution in [1.29, 1.82) is 0 Å². The Bertz CT molecular complexity index is 637. The monoisotopic (exact) mass is 360 g/mol. The lowest BCUT2D eigenvalue weighted by Gasteiger charge is -2.49. The molecule has 0 spiro atoms. The number of aliphatic hydroxyl groups excluding tert-OH is 1. The van der Waals surface area contributed by atoms with E-state index in [1.54, 1.807) is 7.05 Å². The fraction of sp³-hybridized carbons (Fsp3) is 0.667. The van der Waals surface area contributed by atoms with Gasteiger partial charge in [0.2, 0.25) is 5.91 Å². The van der Waals surface area contributed by atoms with Crippen LogP contribution in [0, 0.1) is 0 Å². The molecule has 1 aromatic carbocycles.